The van der Waals surface area contributed by atoms with Gasteiger partial charge in [-0.2, -0.15) is 5.10 Å². The van der Waals surface area contributed by atoms with Crippen LogP contribution < -0.4 is 4.72 Å². The molecule has 0 unspecified atom stereocenters. The number of nitrogens with one attached hydrogen (secondary N) is 2. The van der Waals surface area contributed by atoms with Gasteiger partial charge in [-0.05, 0) is 35.5 Å². The summed E-state index contributed by atoms with van der Waals surface area (Å²) in [7, 11) is -3.96. The summed E-state index contributed by atoms with van der Waals surface area (Å²) in [6, 6.07) is 20.5. The fourth-order valence-electron chi connectivity index (χ4n) is 2.86. The highest BCUT2D eigenvalue weighted by molar-refractivity contribution is 7.92. The summed E-state index contributed by atoms with van der Waals surface area (Å²) in [6.07, 6.45) is 0. The fourth-order valence-corrected chi connectivity index (χ4v) is 4.05. The van der Waals surface area contributed by atoms with Gasteiger partial charge in [0.1, 0.15) is 10.6 Å². The van der Waals surface area contributed by atoms with Crippen LogP contribution in [0.5, 0.6) is 0 Å². The van der Waals surface area contributed by atoms with Crippen LogP contribution in [-0.4, -0.2) is 18.6 Å². The predicted molar refractivity (Wildman–Crippen MR) is 104 cm³/mol. The topological polar surface area (TPSA) is 104 Å². The molecule has 0 aliphatic heterocycles. The molecule has 134 valence electrons. The first kappa shape index (κ1) is 16.9. The number of rotatable bonds is 5. The molecule has 0 radical (unpaired) electrons. The normalized spacial score (nSPS) is 11.4. The Morgan fingerprint density at radius 3 is 2.44 bits per heavy atom. The maximum Gasteiger partial charge on any atom is 0.264 e. The summed E-state index contributed by atoms with van der Waals surface area (Å²) >= 11 is 0. The van der Waals surface area contributed by atoms with Crippen LogP contribution in [0.1, 0.15) is 0 Å². The van der Waals surface area contributed by atoms with Crippen molar-refractivity contribution in [3.63, 3.8) is 0 Å². The Balaban J connectivity index is 1.76. The lowest BCUT2D eigenvalue weighted by Crippen LogP contribution is -2.13. The number of aromatic amines is 1. The van der Waals surface area contributed by atoms with Crippen molar-refractivity contribution < 1.29 is 8.42 Å². The fraction of sp³-hybridized carbons (Fsp3) is 0. The van der Waals surface area contributed by atoms with Crippen LogP contribution in [0.2, 0.25) is 0 Å². The Hall–Kier alpha value is -3.52. The van der Waals surface area contributed by atoms with Gasteiger partial charge >= 0.3 is 0 Å². The van der Waals surface area contributed by atoms with Crippen molar-refractivity contribution in [2.45, 2.75) is 4.90 Å². The van der Waals surface area contributed by atoms with Crippen LogP contribution in [-0.2, 0) is 10.0 Å². The molecule has 2 N–H and O–H groups in total. The van der Waals surface area contributed by atoms with Crippen LogP contribution in [0, 0.1) is 4.91 Å². The number of hydrogen-bond acceptors (Lipinski definition) is 5. The van der Waals surface area contributed by atoms with Crippen molar-refractivity contribution in [2.75, 3.05) is 4.72 Å². The van der Waals surface area contributed by atoms with Gasteiger partial charge < -0.3 is 0 Å². The molecule has 0 fully saturated rings. The van der Waals surface area contributed by atoms with Gasteiger partial charge in [-0.3, -0.25) is 9.82 Å². The number of fused-ring (bicyclic) bond motifs is 1. The number of sulfonamides is 1. The van der Waals surface area contributed by atoms with Crippen LogP contribution in [0.15, 0.2) is 82.9 Å². The van der Waals surface area contributed by atoms with Gasteiger partial charge in [-0.1, -0.05) is 42.5 Å². The third-order valence-corrected chi connectivity index (χ3v) is 5.54. The molecule has 0 bridgehead atoms. The summed E-state index contributed by atoms with van der Waals surface area (Å²) in [4.78, 5) is 10.7. The first-order valence-corrected chi connectivity index (χ1v) is 9.55. The van der Waals surface area contributed by atoms with E-state index in [0.29, 0.717) is 5.69 Å². The van der Waals surface area contributed by atoms with Crippen LogP contribution >= 0.6 is 0 Å². The molecule has 0 saturated heterocycles. The summed E-state index contributed by atoms with van der Waals surface area (Å²) in [5.41, 5.74) is 2.65. The zero-order valence-electron chi connectivity index (χ0n) is 14.0. The zero-order chi connectivity index (χ0) is 18.9. The molecular formula is C19H14N4O3S. The lowest BCUT2D eigenvalue weighted by atomic mass is 10.1. The average molecular weight is 378 g/mol. The molecule has 0 aliphatic rings. The SMILES string of the molecule is O=Nc1ccccc1S(=O)(=O)Nc1ccc2[nH]nc(-c3ccccc3)c2c1. The predicted octanol–water partition coefficient (Wildman–Crippen LogP) is 4.43. The van der Waals surface area contributed by atoms with E-state index in [1.807, 2.05) is 30.3 Å². The summed E-state index contributed by atoms with van der Waals surface area (Å²) in [5, 5.41) is 10.8. The lowest BCUT2D eigenvalue weighted by Gasteiger charge is -2.09. The third-order valence-electron chi connectivity index (χ3n) is 4.12. The van der Waals surface area contributed by atoms with E-state index in [-0.39, 0.29) is 10.6 Å². The van der Waals surface area contributed by atoms with Gasteiger partial charge in [-0.25, -0.2) is 8.42 Å². The molecule has 8 heteroatoms. The average Bonchev–Trinajstić information content (AvgIpc) is 3.11. The van der Waals surface area contributed by atoms with Crippen molar-refractivity contribution in [1.82, 2.24) is 10.2 Å². The third kappa shape index (κ3) is 3.18. The van der Waals surface area contributed by atoms with Gasteiger partial charge in [0, 0.05) is 16.6 Å². The quantitative estimate of drug-likeness (QED) is 0.501. The first-order chi connectivity index (χ1) is 13.1. The minimum absolute atomic E-state index is 0.139. The number of nitroso groups, excluding NO2 is 1. The van der Waals surface area contributed by atoms with E-state index < -0.39 is 10.0 Å². The van der Waals surface area contributed by atoms with Crippen molar-refractivity contribution in [1.29, 1.82) is 0 Å². The lowest BCUT2D eigenvalue weighted by molar-refractivity contribution is 0.601. The smallest absolute Gasteiger partial charge is 0.264 e. The Morgan fingerprint density at radius 1 is 0.926 bits per heavy atom. The zero-order valence-corrected chi connectivity index (χ0v) is 14.8. The minimum Gasteiger partial charge on any atom is -0.280 e. The molecule has 7 nitrogen and oxygen atoms in total. The van der Waals surface area contributed by atoms with Gasteiger partial charge in [0.05, 0.1) is 11.2 Å². The number of H-pyrrole nitrogens is 1. The minimum atomic E-state index is -3.96. The molecule has 0 amide bonds. The number of anilines is 1. The van der Waals surface area contributed by atoms with Crippen molar-refractivity contribution in [3.8, 4) is 11.3 Å². The monoisotopic (exact) mass is 378 g/mol. The standard InChI is InChI=1S/C19H14N4O3S/c24-22-17-8-4-5-9-18(17)27(25,26)23-14-10-11-16-15(12-14)19(21-20-16)13-6-2-1-3-7-13/h1-12,23H,(H,20,21). The molecule has 3 aromatic carbocycles. The summed E-state index contributed by atoms with van der Waals surface area (Å²) in [5.74, 6) is 0. The van der Waals surface area contributed by atoms with E-state index in [9.17, 15) is 13.3 Å². The van der Waals surface area contributed by atoms with Crippen LogP contribution in [0.3, 0.4) is 0 Å². The van der Waals surface area contributed by atoms with Gasteiger partial charge in [0.15, 0.2) is 0 Å². The molecule has 0 saturated carbocycles. The number of hydrogen-bond donors (Lipinski definition) is 2. The highest BCUT2D eigenvalue weighted by Crippen LogP contribution is 2.30. The number of nitrogens with zero attached hydrogens (tertiary/aromatic N) is 2. The Bertz CT molecular complexity index is 1230. The molecule has 0 aliphatic carbocycles. The second kappa shape index (κ2) is 6.65. The molecular weight excluding hydrogens is 364 g/mol. The second-order valence-corrected chi connectivity index (χ2v) is 7.51. The van der Waals surface area contributed by atoms with E-state index >= 15 is 0 Å². The summed E-state index contributed by atoms with van der Waals surface area (Å²) in [6.45, 7) is 0. The largest absolute Gasteiger partial charge is 0.280 e. The van der Waals surface area contributed by atoms with E-state index in [2.05, 4.69) is 20.1 Å². The first-order valence-electron chi connectivity index (χ1n) is 8.07. The van der Waals surface area contributed by atoms with Crippen molar-refractivity contribution in [2.24, 2.45) is 5.18 Å². The Morgan fingerprint density at radius 2 is 1.67 bits per heavy atom. The van der Waals surface area contributed by atoms with E-state index in [4.69, 9.17) is 0 Å². The van der Waals surface area contributed by atoms with E-state index in [0.717, 1.165) is 22.2 Å². The second-order valence-electron chi connectivity index (χ2n) is 5.86. The molecule has 27 heavy (non-hydrogen) atoms. The van der Waals surface area contributed by atoms with E-state index in [1.165, 1.54) is 18.2 Å². The van der Waals surface area contributed by atoms with Crippen molar-refractivity contribution in [3.05, 3.63) is 77.7 Å². The Labute approximate surface area is 155 Å². The van der Waals surface area contributed by atoms with Crippen LogP contribution in [0.4, 0.5) is 11.4 Å². The molecule has 1 heterocycles. The number of benzene rings is 3. The maximum atomic E-state index is 12.7. The molecule has 1 aromatic heterocycles. The highest BCUT2D eigenvalue weighted by Gasteiger charge is 2.19. The van der Waals surface area contributed by atoms with E-state index in [1.54, 1.807) is 24.3 Å². The Kier molecular flexibility index (Phi) is 4.17. The highest BCUT2D eigenvalue weighted by atomic mass is 32.2. The van der Waals surface area contributed by atoms with Gasteiger partial charge in [0.25, 0.3) is 10.0 Å². The van der Waals surface area contributed by atoms with Gasteiger partial charge in [0.2, 0.25) is 0 Å². The summed E-state index contributed by atoms with van der Waals surface area (Å²) < 4.78 is 27.9. The van der Waals surface area contributed by atoms with Crippen molar-refractivity contribution >= 4 is 32.3 Å². The molecule has 4 rings (SSSR count). The number of aromatic nitrogens is 2. The molecule has 4 aromatic rings. The maximum absolute atomic E-state index is 12.7. The molecule has 0 atom stereocenters. The van der Waals surface area contributed by atoms with Gasteiger partial charge in [-0.15, -0.1) is 4.91 Å². The van der Waals surface area contributed by atoms with Crippen LogP contribution in [0.25, 0.3) is 22.2 Å². The molecule has 0 spiro atoms.